The van der Waals surface area contributed by atoms with E-state index in [1.165, 1.54) is 7.11 Å². The van der Waals surface area contributed by atoms with E-state index in [-0.39, 0.29) is 12.5 Å². The molecule has 8 heteroatoms. The Bertz CT molecular complexity index is 1040. The Morgan fingerprint density at radius 1 is 1.14 bits per heavy atom. The lowest BCUT2D eigenvalue weighted by molar-refractivity contribution is -0.142. The number of methoxy groups -OCH3 is 1. The van der Waals surface area contributed by atoms with Gasteiger partial charge in [0.1, 0.15) is 5.75 Å². The molecule has 0 fully saturated rings. The number of nitrogens with zero attached hydrogens (tertiary/aromatic N) is 2. The number of hydrogen-bond donors (Lipinski definition) is 1. The summed E-state index contributed by atoms with van der Waals surface area (Å²) < 4.78 is 12.6. The number of halogens is 1. The summed E-state index contributed by atoms with van der Waals surface area (Å²) in [5, 5.41) is 7.24. The molecule has 0 unspecified atom stereocenters. The van der Waals surface area contributed by atoms with E-state index >= 15 is 0 Å². The molecular formula is C21H20BrN3O4. The van der Waals surface area contributed by atoms with Gasteiger partial charge in [-0.3, -0.25) is 4.79 Å². The van der Waals surface area contributed by atoms with Gasteiger partial charge < -0.3 is 14.8 Å². The van der Waals surface area contributed by atoms with E-state index in [0.717, 1.165) is 21.4 Å². The zero-order valence-electron chi connectivity index (χ0n) is 16.2. The van der Waals surface area contributed by atoms with Gasteiger partial charge in [0, 0.05) is 10.2 Å². The van der Waals surface area contributed by atoms with E-state index in [9.17, 15) is 9.59 Å². The molecule has 0 aliphatic carbocycles. The Kier molecular flexibility index (Phi) is 6.33. The summed E-state index contributed by atoms with van der Waals surface area (Å²) in [4.78, 5) is 23.9. The third kappa shape index (κ3) is 4.83. The average Bonchev–Trinajstić information content (AvgIpc) is 3.10. The SMILES string of the molecule is COC(=O)COc1ccc(NC(=O)c2cnn(-c3ccc(Br)cc3)c2C)c(C)c1. The Labute approximate surface area is 176 Å². The molecule has 1 aromatic heterocycles. The van der Waals surface area contributed by atoms with Gasteiger partial charge in [-0.1, -0.05) is 15.9 Å². The minimum atomic E-state index is -0.460. The zero-order valence-corrected chi connectivity index (χ0v) is 17.8. The lowest BCUT2D eigenvalue weighted by Crippen LogP contribution is -2.14. The van der Waals surface area contributed by atoms with Gasteiger partial charge in [-0.15, -0.1) is 0 Å². The van der Waals surface area contributed by atoms with Gasteiger partial charge in [-0.25, -0.2) is 9.48 Å². The molecule has 0 saturated heterocycles. The first-order valence-electron chi connectivity index (χ1n) is 8.81. The van der Waals surface area contributed by atoms with Crippen LogP contribution >= 0.6 is 15.9 Å². The predicted octanol–water partition coefficient (Wildman–Crippen LogP) is 4.06. The van der Waals surface area contributed by atoms with Gasteiger partial charge in [0.2, 0.25) is 0 Å². The number of carbonyl (C=O) groups excluding carboxylic acids is 2. The van der Waals surface area contributed by atoms with Crippen LogP contribution in [0.25, 0.3) is 5.69 Å². The number of hydrogen-bond acceptors (Lipinski definition) is 5. The maximum Gasteiger partial charge on any atom is 0.343 e. The highest BCUT2D eigenvalue weighted by atomic mass is 79.9. The number of rotatable bonds is 6. The van der Waals surface area contributed by atoms with Gasteiger partial charge >= 0.3 is 5.97 Å². The van der Waals surface area contributed by atoms with Gasteiger partial charge in [-0.05, 0) is 61.9 Å². The molecule has 0 atom stereocenters. The third-order valence-electron chi connectivity index (χ3n) is 4.36. The predicted molar refractivity (Wildman–Crippen MR) is 113 cm³/mol. The van der Waals surface area contributed by atoms with Crippen molar-refractivity contribution in [3.63, 3.8) is 0 Å². The molecule has 7 nitrogen and oxygen atoms in total. The summed E-state index contributed by atoms with van der Waals surface area (Å²) in [5.41, 5.74) is 3.54. The van der Waals surface area contributed by atoms with Gasteiger partial charge in [0.15, 0.2) is 6.61 Å². The Morgan fingerprint density at radius 2 is 1.86 bits per heavy atom. The van der Waals surface area contributed by atoms with Gasteiger partial charge in [0.25, 0.3) is 5.91 Å². The molecule has 1 heterocycles. The molecule has 0 spiro atoms. The van der Waals surface area contributed by atoms with Gasteiger partial charge in [0.05, 0.1) is 30.3 Å². The molecule has 0 radical (unpaired) electrons. The Hall–Kier alpha value is -3.13. The first-order chi connectivity index (χ1) is 13.9. The normalized spacial score (nSPS) is 10.5. The van der Waals surface area contributed by atoms with E-state index in [2.05, 4.69) is 31.1 Å². The maximum absolute atomic E-state index is 12.8. The molecule has 2 aromatic carbocycles. The second-order valence-electron chi connectivity index (χ2n) is 6.33. The van der Waals surface area contributed by atoms with Crippen molar-refractivity contribution in [1.29, 1.82) is 0 Å². The molecule has 3 aromatic rings. The molecule has 0 aliphatic rings. The van der Waals surface area contributed by atoms with E-state index in [1.807, 2.05) is 38.1 Å². The smallest absolute Gasteiger partial charge is 0.343 e. The quantitative estimate of drug-likeness (QED) is 0.564. The van der Waals surface area contributed by atoms with E-state index in [1.54, 1.807) is 29.1 Å². The van der Waals surface area contributed by atoms with Crippen molar-refractivity contribution in [2.75, 3.05) is 19.0 Å². The van der Waals surface area contributed by atoms with Crippen molar-refractivity contribution in [3.05, 3.63) is 70.0 Å². The number of benzene rings is 2. The molecule has 1 amide bonds. The maximum atomic E-state index is 12.8. The second kappa shape index (κ2) is 8.91. The van der Waals surface area contributed by atoms with Crippen LogP contribution in [0.2, 0.25) is 0 Å². The van der Waals surface area contributed by atoms with Crippen molar-refractivity contribution in [3.8, 4) is 11.4 Å². The van der Waals surface area contributed by atoms with Crippen molar-refractivity contribution in [2.24, 2.45) is 0 Å². The fourth-order valence-electron chi connectivity index (χ4n) is 2.73. The highest BCUT2D eigenvalue weighted by molar-refractivity contribution is 9.10. The minimum absolute atomic E-state index is 0.171. The number of carbonyl (C=O) groups is 2. The third-order valence-corrected chi connectivity index (χ3v) is 4.88. The summed E-state index contributed by atoms with van der Waals surface area (Å²) in [7, 11) is 1.30. The summed E-state index contributed by atoms with van der Waals surface area (Å²) in [5.74, 6) is -0.194. The highest BCUT2D eigenvalue weighted by Gasteiger charge is 2.16. The summed E-state index contributed by atoms with van der Waals surface area (Å²) >= 11 is 3.41. The van der Waals surface area contributed by atoms with Crippen LogP contribution in [0.4, 0.5) is 5.69 Å². The first kappa shape index (κ1) is 20.6. The molecule has 1 N–H and O–H groups in total. The standard InChI is InChI=1S/C21H20BrN3O4/c1-13-10-17(29-12-20(26)28-3)8-9-19(13)24-21(27)18-11-23-25(14(18)2)16-6-4-15(22)5-7-16/h4-11H,12H2,1-3H3,(H,24,27). The molecule has 0 bridgehead atoms. The van der Waals surface area contributed by atoms with Crippen LogP contribution in [0.3, 0.4) is 0 Å². The zero-order chi connectivity index (χ0) is 21.0. The fraction of sp³-hybridized carbons (Fsp3) is 0.190. The lowest BCUT2D eigenvalue weighted by atomic mass is 10.1. The summed E-state index contributed by atoms with van der Waals surface area (Å²) in [6, 6.07) is 12.8. The van der Waals surface area contributed by atoms with Crippen molar-refractivity contribution in [1.82, 2.24) is 9.78 Å². The van der Waals surface area contributed by atoms with E-state index in [0.29, 0.717) is 17.0 Å². The molecule has 0 aliphatic heterocycles. The van der Waals surface area contributed by atoms with Crippen LogP contribution in [0, 0.1) is 13.8 Å². The number of aromatic nitrogens is 2. The molecule has 3 rings (SSSR count). The van der Waals surface area contributed by atoms with Gasteiger partial charge in [-0.2, -0.15) is 5.10 Å². The van der Waals surface area contributed by atoms with Crippen molar-refractivity contribution < 1.29 is 19.1 Å². The number of nitrogens with one attached hydrogen (secondary N) is 1. The number of amides is 1. The largest absolute Gasteiger partial charge is 0.482 e. The van der Waals surface area contributed by atoms with Crippen LogP contribution in [-0.2, 0) is 9.53 Å². The van der Waals surface area contributed by atoms with Crippen molar-refractivity contribution >= 4 is 33.5 Å². The van der Waals surface area contributed by atoms with E-state index < -0.39 is 5.97 Å². The molecule has 29 heavy (non-hydrogen) atoms. The minimum Gasteiger partial charge on any atom is -0.482 e. The fourth-order valence-corrected chi connectivity index (χ4v) is 3.00. The number of ether oxygens (including phenoxy) is 2. The number of aryl methyl sites for hydroxylation is 1. The highest BCUT2D eigenvalue weighted by Crippen LogP contribution is 2.23. The Morgan fingerprint density at radius 3 is 2.52 bits per heavy atom. The monoisotopic (exact) mass is 457 g/mol. The van der Waals surface area contributed by atoms with E-state index in [4.69, 9.17) is 4.74 Å². The van der Waals surface area contributed by atoms with Crippen LogP contribution in [0.1, 0.15) is 21.6 Å². The van der Waals surface area contributed by atoms with Crippen LogP contribution in [0.5, 0.6) is 5.75 Å². The topological polar surface area (TPSA) is 82.4 Å². The molecular weight excluding hydrogens is 438 g/mol. The summed E-state index contributed by atoms with van der Waals surface area (Å²) in [6.07, 6.45) is 1.55. The van der Waals surface area contributed by atoms with Crippen LogP contribution in [-0.4, -0.2) is 35.4 Å². The van der Waals surface area contributed by atoms with Crippen molar-refractivity contribution in [2.45, 2.75) is 13.8 Å². The number of esters is 1. The Balaban J connectivity index is 1.73. The molecule has 150 valence electrons. The van der Waals surface area contributed by atoms with Crippen LogP contribution in [0.15, 0.2) is 53.1 Å². The second-order valence-corrected chi connectivity index (χ2v) is 7.24. The van der Waals surface area contributed by atoms with Crippen LogP contribution < -0.4 is 10.1 Å². The average molecular weight is 458 g/mol. The molecule has 0 saturated carbocycles. The number of anilines is 1. The lowest BCUT2D eigenvalue weighted by Gasteiger charge is -2.11. The first-order valence-corrected chi connectivity index (χ1v) is 9.60. The summed E-state index contributed by atoms with van der Waals surface area (Å²) in [6.45, 7) is 3.52.